The van der Waals surface area contributed by atoms with Gasteiger partial charge in [0.1, 0.15) is 21.9 Å². The minimum absolute atomic E-state index is 0.0607. The zero-order valence-corrected chi connectivity index (χ0v) is 16.3. The summed E-state index contributed by atoms with van der Waals surface area (Å²) in [5, 5.41) is 0. The molecule has 1 fully saturated rings. The molecular weight excluding hydrogens is 365 g/mol. The van der Waals surface area contributed by atoms with Gasteiger partial charge in [-0.2, -0.15) is 13.2 Å². The third kappa shape index (κ3) is 5.30. The van der Waals surface area contributed by atoms with Crippen molar-refractivity contribution in [1.29, 1.82) is 0 Å². The summed E-state index contributed by atoms with van der Waals surface area (Å²) in [5.41, 5.74) is 1.47. The van der Waals surface area contributed by atoms with Crippen LogP contribution in [0.4, 0.5) is 18.9 Å². The Hall–Kier alpha value is -1.41. The van der Waals surface area contributed by atoms with Crippen molar-refractivity contribution in [3.63, 3.8) is 0 Å². The van der Waals surface area contributed by atoms with E-state index < -0.39 is 28.2 Å². The molecule has 1 aliphatic rings. The number of methoxy groups -OCH3 is 1. The standard InChI is InChI=1S/C18H25F3N2O2S/c1-17(2,3)26(24)22-12-13-5-6-15(25-4)11-16(13)23-9-7-14(8-10-23)18(19,20)21/h5-6,11-12,14H,7-10H2,1-4H3/b22-12+. The molecule has 4 nitrogen and oxygen atoms in total. The third-order valence-electron chi connectivity index (χ3n) is 4.35. The van der Waals surface area contributed by atoms with Gasteiger partial charge in [0.25, 0.3) is 0 Å². The summed E-state index contributed by atoms with van der Waals surface area (Å²) >= 11 is -1.40. The van der Waals surface area contributed by atoms with E-state index in [1.807, 2.05) is 25.7 Å². The van der Waals surface area contributed by atoms with Gasteiger partial charge < -0.3 is 14.2 Å². The van der Waals surface area contributed by atoms with Gasteiger partial charge in [-0.1, -0.05) is 4.40 Å². The van der Waals surface area contributed by atoms with Crippen LogP contribution in [0.25, 0.3) is 0 Å². The van der Waals surface area contributed by atoms with Gasteiger partial charge in [0.2, 0.25) is 0 Å². The molecule has 1 aliphatic heterocycles. The molecule has 1 atom stereocenters. The lowest BCUT2D eigenvalue weighted by Gasteiger charge is -2.35. The smallest absolute Gasteiger partial charge is 0.391 e. The topological polar surface area (TPSA) is 47.9 Å². The Morgan fingerprint density at radius 2 is 1.85 bits per heavy atom. The van der Waals surface area contributed by atoms with E-state index in [2.05, 4.69) is 4.40 Å². The molecule has 0 radical (unpaired) electrons. The summed E-state index contributed by atoms with van der Waals surface area (Å²) in [7, 11) is 1.54. The summed E-state index contributed by atoms with van der Waals surface area (Å²) in [6.07, 6.45) is -2.49. The number of rotatable bonds is 4. The van der Waals surface area contributed by atoms with Gasteiger partial charge in [0.15, 0.2) is 0 Å². The summed E-state index contributed by atoms with van der Waals surface area (Å²) in [6, 6.07) is 5.33. The molecule has 0 N–H and O–H groups in total. The Morgan fingerprint density at radius 3 is 2.35 bits per heavy atom. The van der Waals surface area contributed by atoms with Crippen molar-refractivity contribution in [1.82, 2.24) is 0 Å². The minimum Gasteiger partial charge on any atom is -0.591 e. The summed E-state index contributed by atoms with van der Waals surface area (Å²) < 4.78 is 59.7. The maximum Gasteiger partial charge on any atom is 0.391 e. The second-order valence-corrected chi connectivity index (χ2v) is 9.26. The first-order valence-electron chi connectivity index (χ1n) is 8.48. The second-order valence-electron chi connectivity index (χ2n) is 7.32. The van der Waals surface area contributed by atoms with Gasteiger partial charge in [0, 0.05) is 30.4 Å². The molecule has 146 valence electrons. The Bertz CT molecular complexity index is 636. The zero-order valence-electron chi connectivity index (χ0n) is 15.5. The number of hydrogen-bond donors (Lipinski definition) is 0. The number of anilines is 1. The molecule has 1 unspecified atom stereocenters. The van der Waals surface area contributed by atoms with E-state index in [-0.39, 0.29) is 12.8 Å². The quantitative estimate of drug-likeness (QED) is 0.567. The van der Waals surface area contributed by atoms with Crippen LogP contribution in [-0.4, -0.2) is 41.9 Å². The Kier molecular flexibility index (Phi) is 6.50. The number of ether oxygens (including phenoxy) is 1. The van der Waals surface area contributed by atoms with Crippen molar-refractivity contribution >= 4 is 23.3 Å². The van der Waals surface area contributed by atoms with E-state index >= 15 is 0 Å². The molecule has 2 rings (SSSR count). The highest BCUT2D eigenvalue weighted by atomic mass is 32.2. The van der Waals surface area contributed by atoms with Crippen LogP contribution in [0, 0.1) is 5.92 Å². The molecule has 0 saturated carbocycles. The molecular formula is C18H25F3N2O2S. The van der Waals surface area contributed by atoms with Crippen LogP contribution in [-0.2, 0) is 11.4 Å². The molecule has 0 bridgehead atoms. The monoisotopic (exact) mass is 390 g/mol. The largest absolute Gasteiger partial charge is 0.591 e. The first-order valence-corrected chi connectivity index (χ1v) is 9.59. The average molecular weight is 390 g/mol. The van der Waals surface area contributed by atoms with Gasteiger partial charge in [-0.3, -0.25) is 0 Å². The molecule has 0 aromatic heterocycles. The van der Waals surface area contributed by atoms with E-state index in [0.717, 1.165) is 5.69 Å². The van der Waals surface area contributed by atoms with E-state index in [1.165, 1.54) is 13.3 Å². The van der Waals surface area contributed by atoms with Crippen LogP contribution < -0.4 is 9.64 Å². The maximum absolute atomic E-state index is 12.9. The highest BCUT2D eigenvalue weighted by Crippen LogP contribution is 2.36. The number of hydrogen-bond acceptors (Lipinski definition) is 4. The highest BCUT2D eigenvalue weighted by molar-refractivity contribution is 7.91. The van der Waals surface area contributed by atoms with Crippen molar-refractivity contribution in [2.45, 2.75) is 44.5 Å². The van der Waals surface area contributed by atoms with Gasteiger partial charge in [-0.15, -0.1) is 0 Å². The Morgan fingerprint density at radius 1 is 1.23 bits per heavy atom. The fourth-order valence-electron chi connectivity index (χ4n) is 2.74. The number of alkyl halides is 3. The van der Waals surface area contributed by atoms with Crippen molar-refractivity contribution < 1.29 is 22.5 Å². The lowest BCUT2D eigenvalue weighted by Crippen LogP contribution is -2.39. The molecule has 8 heteroatoms. The second kappa shape index (κ2) is 8.08. The van der Waals surface area contributed by atoms with Crippen molar-refractivity contribution in [2.75, 3.05) is 25.1 Å². The van der Waals surface area contributed by atoms with Crippen LogP contribution in [0.3, 0.4) is 0 Å². The minimum atomic E-state index is -4.14. The Labute approximate surface area is 155 Å². The fraction of sp³-hybridized carbons (Fsp3) is 0.611. The van der Waals surface area contributed by atoms with E-state index in [4.69, 9.17) is 4.74 Å². The highest BCUT2D eigenvalue weighted by Gasteiger charge is 2.41. The SMILES string of the molecule is COc1ccc(/C=N/[S+]([O-])C(C)(C)C)c(N2CCC(C(F)(F)F)CC2)c1. The first-order chi connectivity index (χ1) is 12.0. The van der Waals surface area contributed by atoms with Crippen molar-refractivity contribution in [3.05, 3.63) is 23.8 Å². The third-order valence-corrected chi connectivity index (χ3v) is 5.69. The predicted octanol–water partition coefficient (Wildman–Crippen LogP) is 4.36. The molecule has 1 heterocycles. The Balaban J connectivity index is 2.23. The number of nitrogens with zero attached hydrogens (tertiary/aromatic N) is 2. The molecule has 0 spiro atoms. The number of piperidine rings is 1. The average Bonchev–Trinajstić information content (AvgIpc) is 2.58. The van der Waals surface area contributed by atoms with Gasteiger partial charge in [-0.25, -0.2) is 0 Å². The molecule has 0 aliphatic carbocycles. The van der Waals surface area contributed by atoms with Crippen LogP contribution in [0.15, 0.2) is 22.6 Å². The van der Waals surface area contributed by atoms with Crippen LogP contribution in [0.1, 0.15) is 39.2 Å². The number of benzene rings is 1. The molecule has 1 aromatic rings. The van der Waals surface area contributed by atoms with Gasteiger partial charge >= 0.3 is 6.18 Å². The first kappa shape index (κ1) is 20.9. The van der Waals surface area contributed by atoms with Crippen LogP contribution >= 0.6 is 0 Å². The van der Waals surface area contributed by atoms with E-state index in [1.54, 1.807) is 18.2 Å². The van der Waals surface area contributed by atoms with Crippen molar-refractivity contribution in [2.24, 2.45) is 10.3 Å². The normalized spacial score (nSPS) is 18.4. The van der Waals surface area contributed by atoms with Crippen LogP contribution in [0.5, 0.6) is 5.75 Å². The fourth-order valence-corrected chi connectivity index (χ4v) is 3.27. The molecule has 1 saturated heterocycles. The summed E-state index contributed by atoms with van der Waals surface area (Å²) in [6.45, 7) is 6.10. The number of halogens is 3. The van der Waals surface area contributed by atoms with E-state index in [9.17, 15) is 17.7 Å². The predicted molar refractivity (Wildman–Crippen MR) is 99.5 cm³/mol. The maximum atomic E-state index is 12.9. The van der Waals surface area contributed by atoms with E-state index in [0.29, 0.717) is 24.4 Å². The lowest BCUT2D eigenvalue weighted by molar-refractivity contribution is -0.179. The van der Waals surface area contributed by atoms with Crippen molar-refractivity contribution in [3.8, 4) is 5.75 Å². The van der Waals surface area contributed by atoms with Gasteiger partial charge in [-0.05, 0) is 45.7 Å². The van der Waals surface area contributed by atoms with Crippen LogP contribution in [0.2, 0.25) is 0 Å². The molecule has 1 aromatic carbocycles. The zero-order chi connectivity index (χ0) is 19.5. The van der Waals surface area contributed by atoms with Gasteiger partial charge in [0.05, 0.1) is 19.2 Å². The summed E-state index contributed by atoms with van der Waals surface area (Å²) in [4.78, 5) is 1.91. The molecule has 26 heavy (non-hydrogen) atoms. The molecule has 0 amide bonds. The lowest BCUT2D eigenvalue weighted by atomic mass is 9.95. The summed E-state index contributed by atoms with van der Waals surface area (Å²) in [5.74, 6) is -0.637.